The second kappa shape index (κ2) is 13.7. The number of halogens is 9. The van der Waals surface area contributed by atoms with Gasteiger partial charge in [0, 0.05) is 19.7 Å². The number of alkyl halides is 6. The Bertz CT molecular complexity index is 1550. The van der Waals surface area contributed by atoms with Crippen molar-refractivity contribution < 1.29 is 35.9 Å². The van der Waals surface area contributed by atoms with E-state index in [1.165, 1.54) is 18.2 Å². The fourth-order valence-electron chi connectivity index (χ4n) is 3.46. The minimum atomic E-state index is -4.70. The lowest BCUT2D eigenvalue weighted by Gasteiger charge is -2.25. The van der Waals surface area contributed by atoms with E-state index < -0.39 is 36.1 Å². The molecule has 0 aliphatic rings. The van der Waals surface area contributed by atoms with Gasteiger partial charge in [-0.25, -0.2) is 4.79 Å². The predicted molar refractivity (Wildman–Crippen MR) is 157 cm³/mol. The maximum atomic E-state index is 13.4. The van der Waals surface area contributed by atoms with Crippen LogP contribution in [0.3, 0.4) is 0 Å². The van der Waals surface area contributed by atoms with E-state index in [1.54, 1.807) is 63.2 Å². The second-order valence-electron chi connectivity index (χ2n) is 9.79. The highest BCUT2D eigenvalue weighted by molar-refractivity contribution is 9.10. The highest BCUT2D eigenvalue weighted by Crippen LogP contribution is 2.33. The Balaban J connectivity index is 0.000000302. The zero-order chi connectivity index (χ0) is 30.8. The molecular weight excluding hydrogens is 722 g/mol. The average Bonchev–Trinajstić information content (AvgIpc) is 2.84. The number of carbonyl (C=O) groups is 1. The van der Waals surface area contributed by atoms with Crippen LogP contribution in [0, 0.1) is 0 Å². The molecule has 2 aromatic carbocycles. The molecule has 2 aromatic heterocycles. The van der Waals surface area contributed by atoms with Crippen LogP contribution in [0.4, 0.5) is 31.1 Å². The standard InChI is InChI=1S/C16H16BrF3N2O2.C11H8BrF3N2.ClH/c1-15(2,3)24-14(23)22-13(16(18,19)20)11-7-5-9-4-6-10(17)8-12(9)21-11;12-7-3-1-6-2-4-8(17-9(6)5-7)10(16)11(13,14)15;/h4-8,13H,1-3H3,(H,22,23);1-5,10H,16H2;1H/t13-;10-;/m00./s1. The Morgan fingerprint density at radius 3 is 1.64 bits per heavy atom. The van der Waals surface area contributed by atoms with Crippen molar-refractivity contribution in [3.8, 4) is 0 Å². The first-order valence-electron chi connectivity index (χ1n) is 11.8. The van der Waals surface area contributed by atoms with Crippen LogP contribution in [0.25, 0.3) is 21.8 Å². The van der Waals surface area contributed by atoms with E-state index in [0.29, 0.717) is 20.9 Å². The molecule has 0 bridgehead atoms. The van der Waals surface area contributed by atoms with Gasteiger partial charge in [-0.05, 0) is 57.2 Å². The summed E-state index contributed by atoms with van der Waals surface area (Å²) >= 11 is 6.49. The molecule has 0 unspecified atom stereocenters. The van der Waals surface area contributed by atoms with E-state index in [1.807, 2.05) is 5.32 Å². The Labute approximate surface area is 260 Å². The van der Waals surface area contributed by atoms with Crippen molar-refractivity contribution in [3.63, 3.8) is 0 Å². The van der Waals surface area contributed by atoms with Gasteiger partial charge in [-0.1, -0.05) is 56.1 Å². The Kier molecular flexibility index (Phi) is 11.6. The van der Waals surface area contributed by atoms with Crippen LogP contribution >= 0.6 is 44.3 Å². The molecule has 3 N–H and O–H groups in total. The normalized spacial score (nSPS) is 13.4. The molecule has 15 heteroatoms. The highest BCUT2D eigenvalue weighted by atomic mass is 79.9. The summed E-state index contributed by atoms with van der Waals surface area (Å²) < 4.78 is 83.8. The van der Waals surface area contributed by atoms with E-state index in [0.717, 1.165) is 9.86 Å². The number of nitrogens with one attached hydrogen (secondary N) is 1. The molecule has 1 amide bonds. The number of benzene rings is 2. The summed E-state index contributed by atoms with van der Waals surface area (Å²) in [6.45, 7) is 4.71. The van der Waals surface area contributed by atoms with Crippen LogP contribution in [0.1, 0.15) is 44.2 Å². The van der Waals surface area contributed by atoms with Gasteiger partial charge in [0.05, 0.1) is 22.4 Å². The summed E-state index contributed by atoms with van der Waals surface area (Å²) in [6.07, 6.45) is -10.3. The molecule has 0 aliphatic carbocycles. The van der Waals surface area contributed by atoms with Gasteiger partial charge in [0.25, 0.3) is 0 Å². The number of ether oxygens (including phenoxy) is 1. The van der Waals surface area contributed by atoms with E-state index >= 15 is 0 Å². The number of rotatable bonds is 3. The molecular formula is C27H25Br2ClF6N4O2. The molecule has 4 rings (SSSR count). The summed E-state index contributed by atoms with van der Waals surface area (Å²) in [5.74, 6) is 0. The average molecular weight is 747 g/mol. The summed E-state index contributed by atoms with van der Waals surface area (Å²) in [6, 6.07) is 11.7. The molecule has 6 nitrogen and oxygen atoms in total. The predicted octanol–water partition coefficient (Wildman–Crippen LogP) is 9.11. The summed E-state index contributed by atoms with van der Waals surface area (Å²) in [4.78, 5) is 19.7. The number of nitrogens with zero attached hydrogens (tertiary/aromatic N) is 2. The third-order valence-electron chi connectivity index (χ3n) is 5.31. The Hall–Kier alpha value is -2.68. The Morgan fingerprint density at radius 1 is 0.786 bits per heavy atom. The van der Waals surface area contributed by atoms with Gasteiger partial charge in [-0.3, -0.25) is 9.97 Å². The number of carbonyl (C=O) groups excluding carboxylic acids is 1. The van der Waals surface area contributed by atoms with Gasteiger partial charge < -0.3 is 15.8 Å². The van der Waals surface area contributed by atoms with Crippen molar-refractivity contribution in [2.75, 3.05) is 0 Å². The van der Waals surface area contributed by atoms with Crippen LogP contribution in [0.2, 0.25) is 0 Å². The summed E-state index contributed by atoms with van der Waals surface area (Å²) in [7, 11) is 0. The van der Waals surface area contributed by atoms with Gasteiger partial charge in [-0.15, -0.1) is 12.4 Å². The first-order chi connectivity index (χ1) is 18.8. The third-order valence-corrected chi connectivity index (χ3v) is 6.29. The topological polar surface area (TPSA) is 90.1 Å². The number of amides is 1. The van der Waals surface area contributed by atoms with Gasteiger partial charge >= 0.3 is 18.4 Å². The Morgan fingerprint density at radius 2 is 1.21 bits per heavy atom. The molecule has 0 spiro atoms. The lowest BCUT2D eigenvalue weighted by Crippen LogP contribution is -2.41. The molecule has 0 fully saturated rings. The minimum Gasteiger partial charge on any atom is -0.444 e. The van der Waals surface area contributed by atoms with E-state index in [-0.39, 0.29) is 23.8 Å². The lowest BCUT2D eigenvalue weighted by molar-refractivity contribution is -0.157. The van der Waals surface area contributed by atoms with E-state index in [4.69, 9.17) is 10.5 Å². The van der Waals surface area contributed by atoms with Crippen LogP contribution < -0.4 is 11.1 Å². The van der Waals surface area contributed by atoms with Crippen LogP contribution in [-0.2, 0) is 4.74 Å². The zero-order valence-electron chi connectivity index (χ0n) is 22.1. The number of alkyl carbamates (subject to hydrolysis) is 1. The van der Waals surface area contributed by atoms with E-state index in [9.17, 15) is 31.1 Å². The summed E-state index contributed by atoms with van der Waals surface area (Å²) in [5.41, 5.74) is 4.59. The molecule has 2 heterocycles. The highest BCUT2D eigenvalue weighted by Gasteiger charge is 2.44. The van der Waals surface area contributed by atoms with Crippen LogP contribution in [0.5, 0.6) is 0 Å². The van der Waals surface area contributed by atoms with Crippen LogP contribution in [-0.4, -0.2) is 34.0 Å². The molecule has 228 valence electrons. The minimum absolute atomic E-state index is 0. The van der Waals surface area contributed by atoms with Gasteiger partial charge in [-0.2, -0.15) is 26.3 Å². The van der Waals surface area contributed by atoms with Crippen molar-refractivity contribution in [1.29, 1.82) is 0 Å². The number of fused-ring (bicyclic) bond motifs is 2. The zero-order valence-corrected chi connectivity index (χ0v) is 26.1. The number of aromatic nitrogens is 2. The largest absolute Gasteiger partial charge is 0.444 e. The first-order valence-corrected chi connectivity index (χ1v) is 13.4. The molecule has 4 aromatic rings. The second-order valence-corrected chi connectivity index (χ2v) is 11.6. The third kappa shape index (κ3) is 9.96. The van der Waals surface area contributed by atoms with Gasteiger partial charge in [0.1, 0.15) is 11.6 Å². The van der Waals surface area contributed by atoms with Crippen molar-refractivity contribution in [2.24, 2.45) is 5.73 Å². The SMILES string of the molecule is CC(C)(C)OC(=O)N[C@@H](c1ccc2ccc(Br)cc2n1)C(F)(F)F.Cl.N[C@@H](c1ccc2ccc(Br)cc2n1)C(F)(F)F. The van der Waals surface area contributed by atoms with Crippen molar-refractivity contribution in [2.45, 2.75) is 50.8 Å². The van der Waals surface area contributed by atoms with E-state index in [2.05, 4.69) is 41.8 Å². The van der Waals surface area contributed by atoms with Gasteiger partial charge in [0.15, 0.2) is 6.04 Å². The molecule has 0 saturated heterocycles. The first kappa shape index (κ1) is 35.5. The van der Waals surface area contributed by atoms with Crippen LogP contribution in [0.15, 0.2) is 69.6 Å². The molecule has 0 aliphatic heterocycles. The van der Waals surface area contributed by atoms with Crippen molar-refractivity contribution in [1.82, 2.24) is 15.3 Å². The van der Waals surface area contributed by atoms with Gasteiger partial charge in [0.2, 0.25) is 0 Å². The number of hydrogen-bond donors (Lipinski definition) is 2. The number of pyridine rings is 2. The molecule has 42 heavy (non-hydrogen) atoms. The summed E-state index contributed by atoms with van der Waals surface area (Å²) in [5, 5.41) is 3.31. The fraction of sp³-hybridized carbons (Fsp3) is 0.296. The lowest BCUT2D eigenvalue weighted by atomic mass is 10.1. The maximum absolute atomic E-state index is 13.4. The quantitative estimate of drug-likeness (QED) is 0.204. The molecule has 2 atom stereocenters. The van der Waals surface area contributed by atoms with Crippen molar-refractivity contribution >= 4 is 72.2 Å². The maximum Gasteiger partial charge on any atom is 0.414 e. The van der Waals surface area contributed by atoms with Crippen molar-refractivity contribution in [3.05, 3.63) is 81.0 Å². The molecule has 0 saturated carbocycles. The number of nitrogens with two attached hydrogens (primary N) is 1. The fourth-order valence-corrected chi connectivity index (χ4v) is 4.16. The monoisotopic (exact) mass is 744 g/mol. The smallest absolute Gasteiger partial charge is 0.414 e. The molecule has 0 radical (unpaired) electrons. The number of hydrogen-bond acceptors (Lipinski definition) is 5.